The highest BCUT2D eigenvalue weighted by Crippen LogP contribution is 2.27. The molecular formula is C28H21F2NO7. The zero-order valence-corrected chi connectivity index (χ0v) is 20.0. The van der Waals surface area contributed by atoms with E-state index in [2.05, 4.69) is 0 Å². The minimum Gasteiger partial charge on any atom is -0.426 e. The zero-order chi connectivity index (χ0) is 26.9. The van der Waals surface area contributed by atoms with Gasteiger partial charge in [0.1, 0.15) is 40.7 Å². The molecule has 4 rings (SSSR count). The number of nitrogens with zero attached hydrogens (tertiary/aromatic N) is 1. The van der Waals surface area contributed by atoms with Crippen molar-refractivity contribution in [2.75, 3.05) is 0 Å². The second-order valence-corrected chi connectivity index (χ2v) is 7.68. The van der Waals surface area contributed by atoms with Gasteiger partial charge in [-0.2, -0.15) is 0 Å². The van der Waals surface area contributed by atoms with Crippen LogP contribution in [0.4, 0.5) is 18.4 Å². The van der Waals surface area contributed by atoms with E-state index in [9.17, 15) is 14.0 Å². The molecule has 4 aromatic rings. The summed E-state index contributed by atoms with van der Waals surface area (Å²) in [6, 6.07) is 22.6. The molecule has 1 unspecified atom stereocenters. The van der Waals surface area contributed by atoms with Gasteiger partial charge in [0.15, 0.2) is 0 Å². The van der Waals surface area contributed by atoms with Crippen LogP contribution in [-0.2, 0) is 4.84 Å². The number of amides is 1. The van der Waals surface area contributed by atoms with E-state index in [1.165, 1.54) is 67.6 Å². The molecule has 0 fully saturated rings. The predicted octanol–water partition coefficient (Wildman–Crippen LogP) is 7.54. The van der Waals surface area contributed by atoms with Gasteiger partial charge in [0.05, 0.1) is 0 Å². The van der Waals surface area contributed by atoms with Crippen molar-refractivity contribution in [2.24, 2.45) is 0 Å². The number of hydroxylamine groups is 2. The Morgan fingerprint density at radius 2 is 1.42 bits per heavy atom. The predicted molar refractivity (Wildman–Crippen MR) is 132 cm³/mol. The summed E-state index contributed by atoms with van der Waals surface area (Å²) in [5.41, 5.74) is 0. The summed E-state index contributed by atoms with van der Waals surface area (Å²) in [5, 5.41) is 0.406. The fraction of sp³-hybridized carbons (Fsp3) is 0.0714. The number of furan rings is 1. The number of rotatable bonds is 7. The fourth-order valence-electron chi connectivity index (χ4n) is 3.05. The molecule has 0 spiro atoms. The molecule has 0 bridgehead atoms. The van der Waals surface area contributed by atoms with Gasteiger partial charge in [0.2, 0.25) is 0 Å². The average molecular weight is 521 g/mol. The minimum atomic E-state index is -1.44. The van der Waals surface area contributed by atoms with Crippen molar-refractivity contribution >= 4 is 18.3 Å². The van der Waals surface area contributed by atoms with Crippen molar-refractivity contribution in [1.82, 2.24) is 5.06 Å². The lowest BCUT2D eigenvalue weighted by atomic mass is 10.2. The smallest absolute Gasteiger partial charge is 0.426 e. The first-order valence-electron chi connectivity index (χ1n) is 11.3. The second kappa shape index (κ2) is 12.2. The van der Waals surface area contributed by atoms with Gasteiger partial charge < -0.3 is 18.6 Å². The van der Waals surface area contributed by atoms with Crippen LogP contribution in [0.5, 0.6) is 23.2 Å². The number of halogens is 2. The van der Waals surface area contributed by atoms with Gasteiger partial charge in [0, 0.05) is 12.1 Å². The van der Waals surface area contributed by atoms with E-state index in [-0.39, 0.29) is 23.2 Å². The number of hydrogen-bond donors (Lipinski definition) is 0. The van der Waals surface area contributed by atoms with Crippen molar-refractivity contribution in [3.63, 3.8) is 0 Å². The molecule has 0 N–H and O–H groups in total. The van der Waals surface area contributed by atoms with Crippen LogP contribution in [0.3, 0.4) is 0 Å². The van der Waals surface area contributed by atoms with Crippen LogP contribution in [0.15, 0.2) is 107 Å². The zero-order valence-electron chi connectivity index (χ0n) is 20.0. The lowest BCUT2D eigenvalue weighted by molar-refractivity contribution is -0.107. The summed E-state index contributed by atoms with van der Waals surface area (Å²) < 4.78 is 49.5. The Labute approximate surface area is 216 Å². The van der Waals surface area contributed by atoms with Gasteiger partial charge in [-0.3, -0.25) is 4.84 Å². The summed E-state index contributed by atoms with van der Waals surface area (Å²) in [6.45, 7) is 1.27. The van der Waals surface area contributed by atoms with Crippen molar-refractivity contribution in [3.8, 4) is 23.2 Å². The Kier molecular flexibility index (Phi) is 8.35. The molecular weight excluding hydrogens is 500 g/mol. The van der Waals surface area contributed by atoms with Crippen LogP contribution in [0, 0.1) is 5.82 Å². The average Bonchev–Trinajstić information content (AvgIpc) is 3.35. The van der Waals surface area contributed by atoms with Gasteiger partial charge in [0.25, 0.3) is 5.95 Å². The SMILES string of the molecule is CC(/C(F)=C\c1ccc(Oc2ccc(F)cc2)o1)N(OC(=O)Oc1ccccc1)C(=O)Oc1ccccc1. The second-order valence-electron chi connectivity index (χ2n) is 7.68. The number of carbonyl (C=O) groups excluding carboxylic acids is 2. The van der Waals surface area contributed by atoms with E-state index in [0.29, 0.717) is 10.8 Å². The Bertz CT molecular complexity index is 1390. The Hall–Kier alpha value is -5.12. The van der Waals surface area contributed by atoms with Gasteiger partial charge in [-0.05, 0) is 61.5 Å². The third kappa shape index (κ3) is 7.20. The van der Waals surface area contributed by atoms with Crippen LogP contribution >= 0.6 is 0 Å². The number of ether oxygens (including phenoxy) is 3. The highest BCUT2D eigenvalue weighted by molar-refractivity contribution is 5.73. The van der Waals surface area contributed by atoms with E-state index in [4.69, 9.17) is 23.5 Å². The molecule has 0 saturated heterocycles. The highest BCUT2D eigenvalue weighted by atomic mass is 19.1. The van der Waals surface area contributed by atoms with Gasteiger partial charge in [-0.1, -0.05) is 36.4 Å². The molecule has 0 aliphatic heterocycles. The Balaban J connectivity index is 1.49. The van der Waals surface area contributed by atoms with E-state index < -0.39 is 29.9 Å². The maximum absolute atomic E-state index is 15.2. The first-order chi connectivity index (χ1) is 18.4. The highest BCUT2D eigenvalue weighted by Gasteiger charge is 2.31. The molecule has 0 saturated carbocycles. The molecule has 1 aromatic heterocycles. The lowest BCUT2D eigenvalue weighted by Gasteiger charge is -2.24. The summed E-state index contributed by atoms with van der Waals surface area (Å²) in [6.07, 6.45) is -1.47. The molecule has 1 heterocycles. The molecule has 1 amide bonds. The number of para-hydroxylation sites is 2. The monoisotopic (exact) mass is 521 g/mol. The van der Waals surface area contributed by atoms with Crippen LogP contribution in [0.25, 0.3) is 6.08 Å². The first-order valence-corrected chi connectivity index (χ1v) is 11.3. The van der Waals surface area contributed by atoms with Crippen LogP contribution in [0.2, 0.25) is 0 Å². The van der Waals surface area contributed by atoms with E-state index >= 15 is 4.39 Å². The van der Waals surface area contributed by atoms with E-state index in [0.717, 1.165) is 6.08 Å². The van der Waals surface area contributed by atoms with Crippen molar-refractivity contribution in [2.45, 2.75) is 13.0 Å². The third-order valence-corrected chi connectivity index (χ3v) is 4.91. The van der Waals surface area contributed by atoms with Gasteiger partial charge >= 0.3 is 12.2 Å². The molecule has 3 aromatic carbocycles. The lowest BCUT2D eigenvalue weighted by Crippen LogP contribution is -2.43. The van der Waals surface area contributed by atoms with Crippen LogP contribution in [0.1, 0.15) is 12.7 Å². The van der Waals surface area contributed by atoms with Crippen molar-refractivity contribution in [1.29, 1.82) is 0 Å². The number of hydrogen-bond acceptors (Lipinski definition) is 7. The summed E-state index contributed by atoms with van der Waals surface area (Å²) >= 11 is 0. The van der Waals surface area contributed by atoms with Gasteiger partial charge in [-0.25, -0.2) is 18.4 Å². The largest absolute Gasteiger partial charge is 0.539 e. The normalized spacial score (nSPS) is 11.8. The fourth-order valence-corrected chi connectivity index (χ4v) is 3.05. The summed E-state index contributed by atoms with van der Waals surface area (Å²) in [4.78, 5) is 30.2. The topological polar surface area (TPSA) is 87.4 Å². The first kappa shape index (κ1) is 26.0. The molecule has 38 heavy (non-hydrogen) atoms. The molecule has 0 radical (unpaired) electrons. The maximum Gasteiger partial charge on any atom is 0.539 e. The summed E-state index contributed by atoms with van der Waals surface area (Å²) in [7, 11) is 0. The Morgan fingerprint density at radius 1 is 0.816 bits per heavy atom. The maximum atomic E-state index is 15.2. The van der Waals surface area contributed by atoms with E-state index in [1.54, 1.807) is 36.4 Å². The summed E-state index contributed by atoms with van der Waals surface area (Å²) in [5.74, 6) is -0.673. The van der Waals surface area contributed by atoms with Crippen LogP contribution in [-0.4, -0.2) is 23.4 Å². The quantitative estimate of drug-likeness (QED) is 0.141. The standard InChI is InChI=1S/C28H21F2NO7/c1-19(25(30)18-24-16-17-26(35-24)34-23-14-12-20(29)13-15-23)31(27(32)36-21-8-4-2-5-9-21)38-28(33)37-22-10-6-3-7-11-22/h2-19H,1H3/b25-18+. The van der Waals surface area contributed by atoms with Crippen molar-refractivity contribution < 1.29 is 41.8 Å². The van der Waals surface area contributed by atoms with E-state index in [1.807, 2.05) is 0 Å². The minimum absolute atomic E-state index is 0.0198. The molecule has 10 heteroatoms. The molecule has 8 nitrogen and oxygen atoms in total. The Morgan fingerprint density at radius 3 is 2.05 bits per heavy atom. The third-order valence-electron chi connectivity index (χ3n) is 4.91. The molecule has 0 aliphatic rings. The molecule has 194 valence electrons. The van der Waals surface area contributed by atoms with Gasteiger partial charge in [-0.15, -0.1) is 5.06 Å². The number of carbonyl (C=O) groups is 2. The van der Waals surface area contributed by atoms with Crippen LogP contribution < -0.4 is 14.2 Å². The number of benzene rings is 3. The molecule has 0 aliphatic carbocycles. The van der Waals surface area contributed by atoms with Crippen molar-refractivity contribution in [3.05, 3.63) is 114 Å². The molecule has 1 atom stereocenters.